The van der Waals surface area contributed by atoms with E-state index < -0.39 is 0 Å². The Morgan fingerprint density at radius 2 is 2.17 bits per heavy atom. The van der Waals surface area contributed by atoms with Crippen LogP contribution in [0.5, 0.6) is 0 Å². The number of aryl methyl sites for hydroxylation is 1. The molecular weight excluding hydrogens is 297 g/mol. The Hall–Kier alpha value is -1.20. The molecule has 0 atom stereocenters. The molecule has 0 N–H and O–H groups in total. The first-order chi connectivity index (χ1) is 8.56. The second-order valence-corrected chi connectivity index (χ2v) is 5.23. The van der Waals surface area contributed by atoms with Gasteiger partial charge in [0.1, 0.15) is 11.6 Å². The third-order valence-corrected chi connectivity index (χ3v) is 3.38. The number of hydrogen-bond acceptors (Lipinski definition) is 2. The number of aromatic nitrogens is 2. The van der Waals surface area contributed by atoms with Gasteiger partial charge in [-0.15, -0.1) is 0 Å². The molecule has 0 unspecified atom stereocenters. The average molecular weight is 312 g/mol. The van der Waals surface area contributed by atoms with Gasteiger partial charge in [0.15, 0.2) is 0 Å². The Balaban J connectivity index is 2.01. The molecule has 0 aliphatic carbocycles. The van der Waals surface area contributed by atoms with Gasteiger partial charge in [0.25, 0.3) is 0 Å². The van der Waals surface area contributed by atoms with E-state index in [-0.39, 0.29) is 5.82 Å². The predicted molar refractivity (Wildman–Crippen MR) is 72.5 cm³/mol. The molecule has 1 aromatic carbocycles. The lowest BCUT2D eigenvalue weighted by Crippen LogP contribution is -2.19. The predicted octanol–water partition coefficient (Wildman–Crippen LogP) is 2.95. The van der Waals surface area contributed by atoms with Crippen molar-refractivity contribution in [3.8, 4) is 0 Å². The van der Waals surface area contributed by atoms with E-state index in [0.717, 1.165) is 24.5 Å². The van der Waals surface area contributed by atoms with E-state index in [1.165, 1.54) is 6.07 Å². The molecule has 0 bridgehead atoms. The molecule has 0 amide bonds. The van der Waals surface area contributed by atoms with Gasteiger partial charge in [-0.1, -0.05) is 6.07 Å². The number of hydrogen-bond donors (Lipinski definition) is 0. The molecule has 2 rings (SSSR count). The standard InChI is InChI=1S/C13H15BrFN3/c1-17(9-13-16-5-6-18(13)2)8-10-3-4-12(15)11(14)7-10/h3-7H,8-9H2,1-2H3. The second kappa shape index (κ2) is 5.63. The summed E-state index contributed by atoms with van der Waals surface area (Å²) in [6, 6.07) is 5.09. The first-order valence-electron chi connectivity index (χ1n) is 5.65. The molecule has 0 saturated carbocycles. The summed E-state index contributed by atoms with van der Waals surface area (Å²) in [6.45, 7) is 1.52. The summed E-state index contributed by atoms with van der Waals surface area (Å²) >= 11 is 3.20. The highest BCUT2D eigenvalue weighted by Gasteiger charge is 2.07. The minimum atomic E-state index is -0.231. The van der Waals surface area contributed by atoms with Crippen molar-refractivity contribution in [2.75, 3.05) is 7.05 Å². The Morgan fingerprint density at radius 1 is 1.39 bits per heavy atom. The van der Waals surface area contributed by atoms with Crippen LogP contribution < -0.4 is 0 Å². The Labute approximate surface area is 114 Å². The van der Waals surface area contributed by atoms with Crippen LogP contribution in [0.1, 0.15) is 11.4 Å². The van der Waals surface area contributed by atoms with Gasteiger partial charge in [0.05, 0.1) is 11.0 Å². The van der Waals surface area contributed by atoms with Crippen LogP contribution in [0.3, 0.4) is 0 Å². The molecule has 1 heterocycles. The zero-order chi connectivity index (χ0) is 13.1. The van der Waals surface area contributed by atoms with Crippen molar-refractivity contribution in [1.29, 1.82) is 0 Å². The number of nitrogens with zero attached hydrogens (tertiary/aromatic N) is 3. The zero-order valence-corrected chi connectivity index (χ0v) is 12.0. The number of benzene rings is 1. The minimum absolute atomic E-state index is 0.231. The van der Waals surface area contributed by atoms with Gasteiger partial charge in [-0.05, 0) is 40.7 Å². The van der Waals surface area contributed by atoms with Crippen LogP contribution in [0.15, 0.2) is 35.1 Å². The van der Waals surface area contributed by atoms with E-state index in [2.05, 4.69) is 25.8 Å². The lowest BCUT2D eigenvalue weighted by atomic mass is 10.2. The monoisotopic (exact) mass is 311 g/mol. The lowest BCUT2D eigenvalue weighted by molar-refractivity contribution is 0.307. The molecule has 3 nitrogen and oxygen atoms in total. The highest BCUT2D eigenvalue weighted by Crippen LogP contribution is 2.18. The maximum Gasteiger partial charge on any atom is 0.137 e. The highest BCUT2D eigenvalue weighted by atomic mass is 79.9. The first kappa shape index (κ1) is 13.2. The van der Waals surface area contributed by atoms with Gasteiger partial charge in [-0.3, -0.25) is 4.90 Å². The fourth-order valence-corrected chi connectivity index (χ4v) is 2.22. The second-order valence-electron chi connectivity index (χ2n) is 4.38. The molecule has 0 fully saturated rings. The summed E-state index contributed by atoms with van der Waals surface area (Å²) in [5.74, 6) is 0.782. The van der Waals surface area contributed by atoms with Crippen LogP contribution in [0, 0.1) is 5.82 Å². The summed E-state index contributed by atoms with van der Waals surface area (Å²) < 4.78 is 15.6. The van der Waals surface area contributed by atoms with Crippen LogP contribution in [-0.2, 0) is 20.1 Å². The first-order valence-corrected chi connectivity index (χ1v) is 6.44. The van der Waals surface area contributed by atoms with Crippen molar-refractivity contribution in [2.24, 2.45) is 7.05 Å². The SMILES string of the molecule is CN(Cc1ccc(F)c(Br)c1)Cc1nccn1C. The summed E-state index contributed by atoms with van der Waals surface area (Å²) in [6.07, 6.45) is 3.72. The Bertz CT molecular complexity index is 539. The molecule has 0 aliphatic rings. The molecule has 0 radical (unpaired) electrons. The quantitative estimate of drug-likeness (QED) is 0.865. The van der Waals surface area contributed by atoms with Crippen LogP contribution in [0.4, 0.5) is 4.39 Å². The lowest BCUT2D eigenvalue weighted by Gasteiger charge is -2.16. The topological polar surface area (TPSA) is 21.1 Å². The van der Waals surface area contributed by atoms with Gasteiger partial charge >= 0.3 is 0 Å². The van der Waals surface area contributed by atoms with Gasteiger partial charge in [0.2, 0.25) is 0 Å². The van der Waals surface area contributed by atoms with E-state index in [9.17, 15) is 4.39 Å². The minimum Gasteiger partial charge on any atom is -0.337 e. The smallest absolute Gasteiger partial charge is 0.137 e. The van der Waals surface area contributed by atoms with Gasteiger partial charge < -0.3 is 4.57 Å². The van der Waals surface area contributed by atoms with E-state index in [1.54, 1.807) is 12.3 Å². The van der Waals surface area contributed by atoms with Gasteiger partial charge in [-0.25, -0.2) is 9.37 Å². The van der Waals surface area contributed by atoms with Crippen molar-refractivity contribution >= 4 is 15.9 Å². The van der Waals surface area contributed by atoms with Crippen molar-refractivity contribution in [2.45, 2.75) is 13.1 Å². The van der Waals surface area contributed by atoms with Crippen molar-refractivity contribution < 1.29 is 4.39 Å². The molecule has 2 aromatic rings. The van der Waals surface area contributed by atoms with E-state index >= 15 is 0 Å². The molecular formula is C13H15BrFN3. The van der Waals surface area contributed by atoms with Gasteiger partial charge in [0, 0.05) is 26.0 Å². The van der Waals surface area contributed by atoms with Crippen LogP contribution in [0.25, 0.3) is 0 Å². The molecule has 0 spiro atoms. The summed E-state index contributed by atoms with van der Waals surface area (Å²) in [7, 11) is 4.00. The third kappa shape index (κ3) is 3.17. The van der Waals surface area contributed by atoms with E-state index in [1.807, 2.05) is 30.9 Å². The Kier molecular flexibility index (Phi) is 4.14. The maximum absolute atomic E-state index is 13.1. The van der Waals surface area contributed by atoms with Gasteiger partial charge in [-0.2, -0.15) is 0 Å². The van der Waals surface area contributed by atoms with Crippen LogP contribution >= 0.6 is 15.9 Å². The van der Waals surface area contributed by atoms with Crippen LogP contribution in [-0.4, -0.2) is 21.5 Å². The Morgan fingerprint density at radius 3 is 2.78 bits per heavy atom. The number of halogens is 2. The van der Waals surface area contributed by atoms with Crippen molar-refractivity contribution in [3.63, 3.8) is 0 Å². The molecule has 0 saturated heterocycles. The maximum atomic E-state index is 13.1. The number of rotatable bonds is 4. The summed E-state index contributed by atoms with van der Waals surface area (Å²) in [5, 5.41) is 0. The molecule has 18 heavy (non-hydrogen) atoms. The third-order valence-electron chi connectivity index (χ3n) is 2.77. The summed E-state index contributed by atoms with van der Waals surface area (Å²) in [4.78, 5) is 6.42. The average Bonchev–Trinajstić information content (AvgIpc) is 2.70. The largest absolute Gasteiger partial charge is 0.337 e. The fourth-order valence-electron chi connectivity index (χ4n) is 1.80. The van der Waals surface area contributed by atoms with Crippen molar-refractivity contribution in [3.05, 3.63) is 52.3 Å². The number of imidazole rings is 1. The van der Waals surface area contributed by atoms with E-state index in [4.69, 9.17) is 0 Å². The molecule has 96 valence electrons. The molecule has 5 heteroatoms. The summed E-state index contributed by atoms with van der Waals surface area (Å²) in [5.41, 5.74) is 1.07. The highest BCUT2D eigenvalue weighted by molar-refractivity contribution is 9.10. The van der Waals surface area contributed by atoms with Crippen molar-refractivity contribution in [1.82, 2.24) is 14.5 Å². The van der Waals surface area contributed by atoms with E-state index in [0.29, 0.717) is 4.47 Å². The molecule has 1 aromatic heterocycles. The fraction of sp³-hybridized carbons (Fsp3) is 0.308. The zero-order valence-electron chi connectivity index (χ0n) is 10.4. The van der Waals surface area contributed by atoms with Crippen LogP contribution in [0.2, 0.25) is 0 Å². The molecule has 0 aliphatic heterocycles. The normalized spacial score (nSPS) is 11.2.